The summed E-state index contributed by atoms with van der Waals surface area (Å²) in [6.07, 6.45) is 2.48. The van der Waals surface area contributed by atoms with Crippen LogP contribution in [-0.2, 0) is 0 Å². The van der Waals surface area contributed by atoms with Crippen LogP contribution in [0.4, 0.5) is 21.7 Å². The first-order valence-electron chi connectivity index (χ1n) is 6.87. The lowest BCUT2D eigenvalue weighted by Gasteiger charge is -2.11. The summed E-state index contributed by atoms with van der Waals surface area (Å²) in [5, 5.41) is 6.18. The van der Waals surface area contributed by atoms with Gasteiger partial charge in [0.15, 0.2) is 0 Å². The van der Waals surface area contributed by atoms with Crippen molar-refractivity contribution in [2.45, 2.75) is 6.42 Å². The molecule has 0 aliphatic heterocycles. The molecule has 0 spiro atoms. The molecule has 0 unspecified atom stereocenters. The predicted octanol–water partition coefficient (Wildman–Crippen LogP) is 2.72. The van der Waals surface area contributed by atoms with Gasteiger partial charge in [-0.15, -0.1) is 0 Å². The molecule has 0 atom stereocenters. The van der Waals surface area contributed by atoms with Gasteiger partial charge in [-0.1, -0.05) is 12.1 Å². The quantitative estimate of drug-likeness (QED) is 0.768. The minimum atomic E-state index is -0.309. The highest BCUT2D eigenvalue weighted by Crippen LogP contribution is 2.18. The van der Waals surface area contributed by atoms with Crippen molar-refractivity contribution in [1.29, 1.82) is 0 Å². The van der Waals surface area contributed by atoms with E-state index in [1.807, 2.05) is 14.1 Å². The van der Waals surface area contributed by atoms with Crippen LogP contribution in [-0.4, -0.2) is 42.1 Å². The first kappa shape index (κ1) is 15.2. The topological polar surface area (TPSA) is 53.1 Å². The highest BCUT2D eigenvalue weighted by atomic mass is 19.1. The minimum Gasteiger partial charge on any atom is -0.370 e. The summed E-state index contributed by atoms with van der Waals surface area (Å²) in [6.45, 7) is 1.84. The molecule has 21 heavy (non-hydrogen) atoms. The van der Waals surface area contributed by atoms with Crippen LogP contribution in [0.15, 0.2) is 36.7 Å². The second kappa shape index (κ2) is 7.54. The van der Waals surface area contributed by atoms with Crippen molar-refractivity contribution in [3.63, 3.8) is 0 Å². The number of rotatable bonds is 7. The highest BCUT2D eigenvalue weighted by molar-refractivity contribution is 5.59. The lowest BCUT2D eigenvalue weighted by molar-refractivity contribution is 0.405. The Balaban J connectivity index is 1.93. The third kappa shape index (κ3) is 5.00. The number of halogens is 1. The summed E-state index contributed by atoms with van der Waals surface area (Å²) < 4.78 is 13.6. The fourth-order valence-electron chi connectivity index (χ4n) is 1.83. The van der Waals surface area contributed by atoms with Gasteiger partial charge in [0.25, 0.3) is 0 Å². The number of nitrogens with one attached hydrogen (secondary N) is 2. The van der Waals surface area contributed by atoms with Gasteiger partial charge in [-0.3, -0.25) is 0 Å². The van der Waals surface area contributed by atoms with Crippen molar-refractivity contribution in [2.24, 2.45) is 0 Å². The van der Waals surface area contributed by atoms with Gasteiger partial charge in [0.1, 0.15) is 23.8 Å². The predicted molar refractivity (Wildman–Crippen MR) is 83.4 cm³/mol. The van der Waals surface area contributed by atoms with Crippen LogP contribution in [0.3, 0.4) is 0 Å². The molecule has 2 aromatic rings. The SMILES string of the molecule is CN(C)CCCNc1cc(Nc2ccccc2F)ncn1. The average molecular weight is 289 g/mol. The van der Waals surface area contributed by atoms with Crippen LogP contribution < -0.4 is 10.6 Å². The van der Waals surface area contributed by atoms with Crippen molar-refractivity contribution < 1.29 is 4.39 Å². The third-order valence-corrected chi connectivity index (χ3v) is 2.89. The normalized spacial score (nSPS) is 10.7. The molecule has 1 aromatic heterocycles. The van der Waals surface area contributed by atoms with Gasteiger partial charge in [0.05, 0.1) is 5.69 Å². The molecule has 0 fully saturated rings. The Morgan fingerprint density at radius 2 is 1.90 bits per heavy atom. The zero-order valence-corrected chi connectivity index (χ0v) is 12.3. The fourth-order valence-corrected chi connectivity index (χ4v) is 1.83. The van der Waals surface area contributed by atoms with E-state index < -0.39 is 0 Å². The van der Waals surface area contributed by atoms with Crippen molar-refractivity contribution in [2.75, 3.05) is 37.8 Å². The largest absolute Gasteiger partial charge is 0.370 e. The molecule has 0 amide bonds. The smallest absolute Gasteiger partial charge is 0.146 e. The van der Waals surface area contributed by atoms with E-state index in [0.717, 1.165) is 25.3 Å². The Bertz CT molecular complexity index is 573. The Morgan fingerprint density at radius 3 is 2.67 bits per heavy atom. The number of benzene rings is 1. The van der Waals surface area contributed by atoms with Gasteiger partial charge < -0.3 is 15.5 Å². The molecule has 2 rings (SSSR count). The van der Waals surface area contributed by atoms with Crippen molar-refractivity contribution in [3.8, 4) is 0 Å². The summed E-state index contributed by atoms with van der Waals surface area (Å²) in [4.78, 5) is 10.4. The van der Waals surface area contributed by atoms with Crippen molar-refractivity contribution in [1.82, 2.24) is 14.9 Å². The molecule has 5 nitrogen and oxygen atoms in total. The molecule has 0 bridgehead atoms. The maximum absolute atomic E-state index is 13.6. The molecule has 0 radical (unpaired) electrons. The Morgan fingerprint density at radius 1 is 1.14 bits per heavy atom. The standard InChI is InChI=1S/C15H20FN5/c1-21(2)9-5-8-17-14-10-15(19-11-18-14)20-13-7-4-3-6-12(13)16/h3-4,6-7,10-11H,5,8-9H2,1-2H3,(H2,17,18,19,20). The summed E-state index contributed by atoms with van der Waals surface area (Å²) in [5.74, 6) is 0.976. The molecule has 1 aromatic carbocycles. The number of hydrogen-bond donors (Lipinski definition) is 2. The first-order valence-corrected chi connectivity index (χ1v) is 6.87. The average Bonchev–Trinajstić information content (AvgIpc) is 2.46. The van der Waals surface area contributed by atoms with Crippen LogP contribution in [0.5, 0.6) is 0 Å². The maximum atomic E-state index is 13.6. The van der Waals surface area contributed by atoms with Crippen LogP contribution in [0, 0.1) is 5.82 Å². The molecule has 0 saturated carbocycles. The molecular weight excluding hydrogens is 269 g/mol. The Labute approximate surface area is 124 Å². The summed E-state index contributed by atoms with van der Waals surface area (Å²) >= 11 is 0. The van der Waals surface area contributed by atoms with E-state index in [1.165, 1.54) is 12.4 Å². The molecule has 2 N–H and O–H groups in total. The zero-order chi connectivity index (χ0) is 15.1. The second-order valence-electron chi connectivity index (χ2n) is 4.98. The highest BCUT2D eigenvalue weighted by Gasteiger charge is 2.03. The number of anilines is 3. The molecule has 1 heterocycles. The number of hydrogen-bond acceptors (Lipinski definition) is 5. The first-order chi connectivity index (χ1) is 10.1. The van der Waals surface area contributed by atoms with E-state index in [1.54, 1.807) is 24.3 Å². The van der Waals surface area contributed by atoms with Gasteiger partial charge >= 0.3 is 0 Å². The molecule has 0 aliphatic carbocycles. The number of aromatic nitrogens is 2. The van der Waals surface area contributed by atoms with Crippen LogP contribution in [0.1, 0.15) is 6.42 Å². The lowest BCUT2D eigenvalue weighted by atomic mass is 10.3. The second-order valence-corrected chi connectivity index (χ2v) is 4.98. The lowest BCUT2D eigenvalue weighted by Crippen LogP contribution is -2.16. The molecule has 0 aliphatic rings. The van der Waals surface area contributed by atoms with Gasteiger partial charge in [-0.25, -0.2) is 14.4 Å². The zero-order valence-electron chi connectivity index (χ0n) is 12.3. The third-order valence-electron chi connectivity index (χ3n) is 2.89. The van der Waals surface area contributed by atoms with Crippen molar-refractivity contribution in [3.05, 3.63) is 42.5 Å². The number of nitrogens with zero attached hydrogens (tertiary/aromatic N) is 3. The summed E-state index contributed by atoms with van der Waals surface area (Å²) in [6, 6.07) is 8.26. The van der Waals surface area contributed by atoms with Gasteiger partial charge in [-0.2, -0.15) is 0 Å². The van der Waals surface area contributed by atoms with E-state index in [9.17, 15) is 4.39 Å². The number of para-hydroxylation sites is 1. The summed E-state index contributed by atoms with van der Waals surface area (Å²) in [7, 11) is 4.09. The molecule has 6 heteroatoms. The van der Waals surface area contributed by atoms with E-state index in [4.69, 9.17) is 0 Å². The fraction of sp³-hybridized carbons (Fsp3) is 0.333. The van der Waals surface area contributed by atoms with Gasteiger partial charge in [-0.05, 0) is 39.2 Å². The molecular formula is C15H20FN5. The van der Waals surface area contributed by atoms with E-state index in [-0.39, 0.29) is 5.82 Å². The van der Waals surface area contributed by atoms with Gasteiger partial charge in [0.2, 0.25) is 0 Å². The van der Waals surface area contributed by atoms with Crippen LogP contribution >= 0.6 is 0 Å². The monoisotopic (exact) mass is 289 g/mol. The van der Waals surface area contributed by atoms with Gasteiger partial charge in [0, 0.05) is 12.6 Å². The van der Waals surface area contributed by atoms with Crippen LogP contribution in [0.25, 0.3) is 0 Å². The Hall–Kier alpha value is -2.21. The minimum absolute atomic E-state index is 0.309. The molecule has 112 valence electrons. The Kier molecular flexibility index (Phi) is 5.45. The van der Waals surface area contributed by atoms with Crippen molar-refractivity contribution >= 4 is 17.3 Å². The van der Waals surface area contributed by atoms with E-state index >= 15 is 0 Å². The molecule has 0 saturated heterocycles. The van der Waals surface area contributed by atoms with E-state index in [0.29, 0.717) is 11.5 Å². The van der Waals surface area contributed by atoms with Crippen LogP contribution in [0.2, 0.25) is 0 Å². The summed E-state index contributed by atoms with van der Waals surface area (Å²) in [5.41, 5.74) is 0.398. The maximum Gasteiger partial charge on any atom is 0.146 e. The van der Waals surface area contributed by atoms with E-state index in [2.05, 4.69) is 25.5 Å².